The number of nitrogens with two attached hydrogens (primary N) is 1. The maximum Gasteiger partial charge on any atom is 0.421 e. The highest BCUT2D eigenvalue weighted by Crippen LogP contribution is 1.69. The van der Waals surface area contributed by atoms with Crippen molar-refractivity contribution >= 4 is 6.09 Å². The summed E-state index contributed by atoms with van der Waals surface area (Å²) in [6.07, 6.45) is 4.28. The number of hydrazine groups is 1. The molecule has 0 aromatic carbocycles. The molecule has 13 heavy (non-hydrogen) atoms. The Labute approximate surface area is 76.1 Å². The van der Waals surface area contributed by atoms with Crippen molar-refractivity contribution in [3.63, 3.8) is 0 Å². The van der Waals surface area contributed by atoms with Gasteiger partial charge in [-0.1, -0.05) is 0 Å². The molecule has 0 bridgehead atoms. The fourth-order valence-electron chi connectivity index (χ4n) is 0.426. The van der Waals surface area contributed by atoms with Crippen molar-refractivity contribution < 1.29 is 9.53 Å². The summed E-state index contributed by atoms with van der Waals surface area (Å²) in [7, 11) is 0. The molecule has 1 aromatic heterocycles. The Morgan fingerprint density at radius 1 is 1.54 bits per heavy atom. The van der Waals surface area contributed by atoms with Crippen molar-refractivity contribution in [1.82, 2.24) is 15.4 Å². The molecule has 1 heterocycles. The Bertz CT molecular complexity index is 190. The Balaban J connectivity index is 0.000000223. The molecule has 0 aliphatic carbocycles. The van der Waals surface area contributed by atoms with Crippen LogP contribution < -0.4 is 11.3 Å². The van der Waals surface area contributed by atoms with Gasteiger partial charge in [0.1, 0.15) is 6.33 Å². The second-order valence-corrected chi connectivity index (χ2v) is 1.77. The van der Waals surface area contributed by atoms with Gasteiger partial charge in [-0.15, -0.1) is 0 Å². The zero-order valence-electron chi connectivity index (χ0n) is 7.30. The number of ether oxygens (including phenoxy) is 1. The number of rotatable bonds is 1. The second-order valence-electron chi connectivity index (χ2n) is 1.77. The quantitative estimate of drug-likeness (QED) is 0.366. The van der Waals surface area contributed by atoms with Crippen LogP contribution >= 0.6 is 0 Å². The molecule has 1 amide bonds. The number of nitrogens with one attached hydrogen (secondary N) is 1. The minimum atomic E-state index is -0.595. The Kier molecular flexibility index (Phi) is 7.31. The molecule has 0 saturated heterocycles. The van der Waals surface area contributed by atoms with Crippen LogP contribution in [0.15, 0.2) is 24.8 Å². The smallest absolute Gasteiger partial charge is 0.421 e. The molecule has 6 heteroatoms. The first kappa shape index (κ1) is 11.3. The number of amides is 1. The first-order valence-corrected chi connectivity index (χ1v) is 3.64. The van der Waals surface area contributed by atoms with Gasteiger partial charge in [-0.05, 0) is 13.0 Å². The van der Waals surface area contributed by atoms with E-state index < -0.39 is 6.09 Å². The molecule has 0 unspecified atom stereocenters. The minimum absolute atomic E-state index is 0.350. The third-order valence-electron chi connectivity index (χ3n) is 0.871. The average molecular weight is 184 g/mol. The molecule has 0 aliphatic heterocycles. The number of carbonyl (C=O) groups excluding carboxylic acids is 1. The summed E-state index contributed by atoms with van der Waals surface area (Å²) in [5.74, 6) is 4.63. The second kappa shape index (κ2) is 8.41. The maximum atomic E-state index is 9.95. The van der Waals surface area contributed by atoms with E-state index >= 15 is 0 Å². The summed E-state index contributed by atoms with van der Waals surface area (Å²) in [5, 5.41) is 0. The zero-order valence-corrected chi connectivity index (χ0v) is 7.30. The highest BCUT2D eigenvalue weighted by atomic mass is 16.5. The van der Waals surface area contributed by atoms with Gasteiger partial charge >= 0.3 is 6.09 Å². The Morgan fingerprint density at radius 2 is 2.15 bits per heavy atom. The van der Waals surface area contributed by atoms with Crippen LogP contribution in [0, 0.1) is 0 Å². The summed E-state index contributed by atoms with van der Waals surface area (Å²) < 4.78 is 4.32. The Morgan fingerprint density at radius 3 is 2.31 bits per heavy atom. The van der Waals surface area contributed by atoms with Gasteiger partial charge in [0.15, 0.2) is 0 Å². The van der Waals surface area contributed by atoms with E-state index in [1.165, 1.54) is 6.33 Å². The van der Waals surface area contributed by atoms with Crippen LogP contribution in [0.25, 0.3) is 0 Å². The van der Waals surface area contributed by atoms with Gasteiger partial charge in [0.05, 0.1) is 6.61 Å². The number of carbonyl (C=O) groups is 1. The lowest BCUT2D eigenvalue weighted by Gasteiger charge is -1.95. The lowest BCUT2D eigenvalue weighted by atomic mass is 10.7. The normalized spacial score (nSPS) is 7.85. The molecule has 0 fully saturated rings. The summed E-state index contributed by atoms with van der Waals surface area (Å²) in [5.41, 5.74) is 1.80. The van der Waals surface area contributed by atoms with Crippen LogP contribution in [-0.2, 0) is 4.74 Å². The Hall–Kier alpha value is -1.69. The minimum Gasteiger partial charge on any atom is -0.449 e. The zero-order chi connectivity index (χ0) is 9.94. The van der Waals surface area contributed by atoms with Crippen molar-refractivity contribution in [3.8, 4) is 0 Å². The van der Waals surface area contributed by atoms with Gasteiger partial charge in [-0.2, -0.15) is 0 Å². The summed E-state index contributed by atoms with van der Waals surface area (Å²) in [6.45, 7) is 2.05. The van der Waals surface area contributed by atoms with Gasteiger partial charge in [-0.3, -0.25) is 5.43 Å². The van der Waals surface area contributed by atoms with Crippen LogP contribution in [0.2, 0.25) is 0 Å². The third kappa shape index (κ3) is 8.21. The average Bonchev–Trinajstić information content (AvgIpc) is 2.22. The van der Waals surface area contributed by atoms with Crippen LogP contribution in [0.1, 0.15) is 6.92 Å². The molecule has 0 saturated carbocycles. The number of nitrogens with zero attached hydrogens (tertiary/aromatic N) is 2. The molecule has 1 aromatic rings. The van der Waals surface area contributed by atoms with E-state index in [9.17, 15) is 4.79 Å². The van der Waals surface area contributed by atoms with E-state index in [0.29, 0.717) is 6.61 Å². The predicted octanol–water partition coefficient (Wildman–Crippen LogP) is 0.0828. The lowest BCUT2D eigenvalue weighted by Crippen LogP contribution is -2.30. The van der Waals surface area contributed by atoms with E-state index in [1.54, 1.807) is 30.8 Å². The monoisotopic (exact) mass is 184 g/mol. The van der Waals surface area contributed by atoms with E-state index in [2.05, 4.69) is 20.5 Å². The van der Waals surface area contributed by atoms with Crippen molar-refractivity contribution in [2.24, 2.45) is 5.84 Å². The van der Waals surface area contributed by atoms with Gasteiger partial charge in [0.25, 0.3) is 0 Å². The molecule has 0 atom stereocenters. The topological polar surface area (TPSA) is 90.1 Å². The molecular formula is C7H12N4O2. The molecule has 72 valence electrons. The van der Waals surface area contributed by atoms with Crippen LogP contribution in [0.5, 0.6) is 0 Å². The third-order valence-corrected chi connectivity index (χ3v) is 0.871. The van der Waals surface area contributed by atoms with E-state index in [0.717, 1.165) is 0 Å². The highest BCUT2D eigenvalue weighted by molar-refractivity contribution is 5.66. The van der Waals surface area contributed by atoms with Crippen LogP contribution in [-0.4, -0.2) is 22.7 Å². The van der Waals surface area contributed by atoms with Gasteiger partial charge < -0.3 is 4.74 Å². The van der Waals surface area contributed by atoms with Gasteiger partial charge in [0, 0.05) is 12.4 Å². The molecular weight excluding hydrogens is 172 g/mol. The van der Waals surface area contributed by atoms with E-state index in [4.69, 9.17) is 0 Å². The number of hydrogen-bond acceptors (Lipinski definition) is 5. The maximum absolute atomic E-state index is 9.95. The first-order valence-electron chi connectivity index (χ1n) is 3.64. The molecule has 0 aliphatic rings. The molecule has 0 spiro atoms. The molecule has 3 N–H and O–H groups in total. The van der Waals surface area contributed by atoms with Gasteiger partial charge in [-0.25, -0.2) is 20.6 Å². The van der Waals surface area contributed by atoms with E-state index in [-0.39, 0.29) is 0 Å². The summed E-state index contributed by atoms with van der Waals surface area (Å²) >= 11 is 0. The lowest BCUT2D eigenvalue weighted by molar-refractivity contribution is 0.152. The standard InChI is InChI=1S/C4H4N2.C3H8N2O2/c1-2-5-4-6-3-1;1-2-7-3(6)5-4/h1-4H;2,4H2,1H3,(H,5,6). The highest BCUT2D eigenvalue weighted by Gasteiger charge is 1.90. The van der Waals surface area contributed by atoms with E-state index in [1.807, 2.05) is 0 Å². The van der Waals surface area contributed by atoms with Crippen molar-refractivity contribution in [3.05, 3.63) is 24.8 Å². The number of hydrogen-bond donors (Lipinski definition) is 2. The van der Waals surface area contributed by atoms with Crippen LogP contribution in [0.4, 0.5) is 4.79 Å². The molecule has 1 rings (SSSR count). The van der Waals surface area contributed by atoms with Crippen LogP contribution in [0.3, 0.4) is 0 Å². The summed E-state index contributed by atoms with van der Waals surface area (Å²) in [4.78, 5) is 17.3. The fourth-order valence-corrected chi connectivity index (χ4v) is 0.426. The molecule has 0 radical (unpaired) electrons. The predicted molar refractivity (Wildman–Crippen MR) is 46.4 cm³/mol. The first-order chi connectivity index (χ1) is 6.31. The fraction of sp³-hybridized carbons (Fsp3) is 0.286. The number of aromatic nitrogens is 2. The van der Waals surface area contributed by atoms with Crippen molar-refractivity contribution in [2.45, 2.75) is 6.92 Å². The summed E-state index contributed by atoms with van der Waals surface area (Å²) in [6, 6.07) is 1.78. The van der Waals surface area contributed by atoms with Crippen molar-refractivity contribution in [2.75, 3.05) is 6.61 Å². The largest absolute Gasteiger partial charge is 0.449 e. The molecule has 6 nitrogen and oxygen atoms in total. The van der Waals surface area contributed by atoms with Crippen molar-refractivity contribution in [1.29, 1.82) is 0 Å². The SMILES string of the molecule is CCOC(=O)NN.c1cncnc1. The van der Waals surface area contributed by atoms with Gasteiger partial charge in [0.2, 0.25) is 0 Å².